The van der Waals surface area contributed by atoms with E-state index in [0.29, 0.717) is 0 Å². The first-order valence-corrected chi connectivity index (χ1v) is 11.6. The van der Waals surface area contributed by atoms with Gasteiger partial charge in [-0.2, -0.15) is 0 Å². The van der Waals surface area contributed by atoms with Gasteiger partial charge in [-0.1, -0.05) is 0 Å². The molecule has 6 heteroatoms. The molecule has 0 bridgehead atoms. The second kappa shape index (κ2) is 7.47. The highest BCUT2D eigenvalue weighted by Gasteiger charge is 2.44. The molecule has 27 heavy (non-hydrogen) atoms. The van der Waals surface area contributed by atoms with Gasteiger partial charge in [-0.25, -0.2) is 0 Å². The Bertz CT molecular complexity index is 684. The number of piperidine rings is 2. The lowest BCUT2D eigenvalue weighted by Crippen LogP contribution is -2.51. The molecule has 1 aromatic heterocycles. The van der Waals surface area contributed by atoms with Crippen LogP contribution < -0.4 is 5.32 Å². The molecule has 3 fully saturated rings. The van der Waals surface area contributed by atoms with Crippen LogP contribution in [0.5, 0.6) is 0 Å². The predicted octanol–water partition coefficient (Wildman–Crippen LogP) is 2.60. The summed E-state index contributed by atoms with van der Waals surface area (Å²) in [5, 5.41) is 3.47. The van der Waals surface area contributed by atoms with Gasteiger partial charge in [0.25, 0.3) is 5.91 Å². The van der Waals surface area contributed by atoms with E-state index in [1.807, 2.05) is 4.90 Å². The standard InChI is InChI=1S/C21H31N3O2S/c25-20(24-10-1-2-11-24)18-15-16-5-14-26-21(19(16)27-18)6-12-23(13-7-21)17-3-8-22-9-4-17/h15,17,22H,1-14H2. The molecular formula is C21H31N3O2S. The first-order valence-electron chi connectivity index (χ1n) is 10.8. The van der Waals surface area contributed by atoms with Gasteiger partial charge in [0.1, 0.15) is 5.60 Å². The van der Waals surface area contributed by atoms with Crippen molar-refractivity contribution in [2.45, 2.75) is 56.6 Å². The van der Waals surface area contributed by atoms with Crippen LogP contribution in [0.2, 0.25) is 0 Å². The second-order valence-electron chi connectivity index (χ2n) is 8.57. The Kier molecular flexibility index (Phi) is 5.01. The van der Waals surface area contributed by atoms with Crippen molar-refractivity contribution in [1.82, 2.24) is 15.1 Å². The summed E-state index contributed by atoms with van der Waals surface area (Å²) in [4.78, 5) is 19.9. The third-order valence-corrected chi connectivity index (χ3v) is 8.36. The minimum Gasteiger partial charge on any atom is -0.369 e. The third kappa shape index (κ3) is 3.35. The van der Waals surface area contributed by atoms with Crippen LogP contribution in [0.3, 0.4) is 0 Å². The molecule has 1 aromatic rings. The van der Waals surface area contributed by atoms with Gasteiger partial charge < -0.3 is 19.9 Å². The Hall–Kier alpha value is -0.950. The monoisotopic (exact) mass is 389 g/mol. The van der Waals surface area contributed by atoms with Gasteiger partial charge in [0.15, 0.2) is 0 Å². The number of ether oxygens (including phenoxy) is 1. The van der Waals surface area contributed by atoms with Gasteiger partial charge in [0.05, 0.1) is 11.5 Å². The molecule has 1 N–H and O–H groups in total. The normalized spacial score (nSPS) is 26.4. The summed E-state index contributed by atoms with van der Waals surface area (Å²) in [5.41, 5.74) is 1.25. The van der Waals surface area contributed by atoms with Gasteiger partial charge >= 0.3 is 0 Å². The highest BCUT2D eigenvalue weighted by molar-refractivity contribution is 7.14. The zero-order valence-electron chi connectivity index (χ0n) is 16.2. The number of likely N-dealkylation sites (tertiary alicyclic amines) is 2. The smallest absolute Gasteiger partial charge is 0.263 e. The molecule has 148 valence electrons. The van der Waals surface area contributed by atoms with Crippen LogP contribution in [0.25, 0.3) is 0 Å². The molecule has 5 rings (SSSR count). The topological polar surface area (TPSA) is 44.8 Å². The maximum absolute atomic E-state index is 12.9. The van der Waals surface area contributed by atoms with E-state index in [9.17, 15) is 4.79 Å². The molecule has 3 saturated heterocycles. The fourth-order valence-corrected chi connectivity index (χ4v) is 6.78. The van der Waals surface area contributed by atoms with Crippen LogP contribution in [0.1, 0.15) is 58.6 Å². The Labute approximate surface area is 166 Å². The van der Waals surface area contributed by atoms with Crippen LogP contribution in [0.4, 0.5) is 0 Å². The largest absolute Gasteiger partial charge is 0.369 e. The molecule has 5 heterocycles. The maximum Gasteiger partial charge on any atom is 0.263 e. The number of carbonyl (C=O) groups excluding carboxylic acids is 1. The van der Waals surface area contributed by atoms with Crippen molar-refractivity contribution >= 4 is 17.2 Å². The van der Waals surface area contributed by atoms with Gasteiger partial charge in [-0.15, -0.1) is 11.3 Å². The first kappa shape index (κ1) is 18.1. The number of amides is 1. The predicted molar refractivity (Wildman–Crippen MR) is 107 cm³/mol. The van der Waals surface area contributed by atoms with Crippen molar-refractivity contribution < 1.29 is 9.53 Å². The number of fused-ring (bicyclic) bond motifs is 2. The molecule has 5 nitrogen and oxygen atoms in total. The Morgan fingerprint density at radius 2 is 1.89 bits per heavy atom. The third-order valence-electron chi connectivity index (χ3n) is 7.01. The van der Waals surface area contributed by atoms with E-state index in [4.69, 9.17) is 4.74 Å². The average molecular weight is 390 g/mol. The van der Waals surface area contributed by atoms with Crippen molar-refractivity contribution in [3.63, 3.8) is 0 Å². The lowest BCUT2D eigenvalue weighted by Gasteiger charge is -2.46. The molecule has 0 aliphatic carbocycles. The zero-order valence-corrected chi connectivity index (χ0v) is 17.0. The molecule has 0 atom stereocenters. The van der Waals surface area contributed by atoms with E-state index in [1.54, 1.807) is 11.3 Å². The Morgan fingerprint density at radius 1 is 1.15 bits per heavy atom. The molecule has 1 amide bonds. The van der Waals surface area contributed by atoms with Crippen molar-refractivity contribution in [2.24, 2.45) is 0 Å². The van der Waals surface area contributed by atoms with Crippen LogP contribution in [0.15, 0.2) is 6.07 Å². The van der Waals surface area contributed by atoms with E-state index in [-0.39, 0.29) is 11.5 Å². The van der Waals surface area contributed by atoms with E-state index in [2.05, 4.69) is 16.3 Å². The lowest BCUT2D eigenvalue weighted by molar-refractivity contribution is -0.101. The summed E-state index contributed by atoms with van der Waals surface area (Å²) in [6.07, 6.45) is 7.94. The van der Waals surface area contributed by atoms with Crippen LogP contribution >= 0.6 is 11.3 Å². The Balaban J connectivity index is 1.33. The average Bonchev–Trinajstić information content (AvgIpc) is 3.40. The minimum absolute atomic E-state index is 0.134. The molecular weight excluding hydrogens is 358 g/mol. The molecule has 0 unspecified atom stereocenters. The SMILES string of the molecule is O=C(c1cc2c(s1)C1(CCN(C3CCNCC3)CC1)OCC2)N1CCCC1. The summed E-state index contributed by atoms with van der Waals surface area (Å²) in [7, 11) is 0. The second-order valence-corrected chi connectivity index (χ2v) is 9.63. The van der Waals surface area contributed by atoms with Crippen molar-refractivity contribution in [3.05, 3.63) is 21.4 Å². The summed E-state index contributed by atoms with van der Waals surface area (Å²) in [6.45, 7) is 7.20. The van der Waals surface area contributed by atoms with E-state index >= 15 is 0 Å². The van der Waals surface area contributed by atoms with Crippen molar-refractivity contribution in [2.75, 3.05) is 45.9 Å². The minimum atomic E-state index is -0.134. The quantitative estimate of drug-likeness (QED) is 0.845. The van der Waals surface area contributed by atoms with E-state index in [1.165, 1.54) is 23.3 Å². The number of nitrogens with zero attached hydrogens (tertiary/aromatic N) is 2. The first-order chi connectivity index (χ1) is 13.3. The summed E-state index contributed by atoms with van der Waals surface area (Å²) in [5.74, 6) is 0.245. The lowest BCUT2D eigenvalue weighted by atomic mass is 9.84. The number of nitrogens with one attached hydrogen (secondary N) is 1. The Morgan fingerprint density at radius 3 is 2.63 bits per heavy atom. The summed E-state index contributed by atoms with van der Waals surface area (Å²) >= 11 is 1.73. The van der Waals surface area contributed by atoms with Gasteiger partial charge in [0.2, 0.25) is 0 Å². The van der Waals surface area contributed by atoms with E-state index < -0.39 is 0 Å². The van der Waals surface area contributed by atoms with Crippen molar-refractivity contribution in [3.8, 4) is 0 Å². The number of thiophene rings is 1. The molecule has 0 saturated carbocycles. The summed E-state index contributed by atoms with van der Waals surface area (Å²) < 4.78 is 6.43. The molecule has 0 aromatic carbocycles. The fourth-order valence-electron chi connectivity index (χ4n) is 5.40. The van der Waals surface area contributed by atoms with Gasteiger partial charge in [-0.3, -0.25) is 4.79 Å². The highest BCUT2D eigenvalue weighted by atomic mass is 32.1. The number of carbonyl (C=O) groups is 1. The maximum atomic E-state index is 12.9. The van der Waals surface area contributed by atoms with Crippen LogP contribution in [-0.4, -0.2) is 67.6 Å². The van der Waals surface area contributed by atoms with Crippen LogP contribution in [-0.2, 0) is 16.8 Å². The molecule has 0 radical (unpaired) electrons. The zero-order chi connectivity index (χ0) is 18.3. The fraction of sp³-hybridized carbons (Fsp3) is 0.762. The number of hydrogen-bond donors (Lipinski definition) is 1. The van der Waals surface area contributed by atoms with Crippen molar-refractivity contribution in [1.29, 1.82) is 0 Å². The number of hydrogen-bond acceptors (Lipinski definition) is 5. The summed E-state index contributed by atoms with van der Waals surface area (Å²) in [6, 6.07) is 2.92. The van der Waals surface area contributed by atoms with Gasteiger partial charge in [-0.05, 0) is 69.7 Å². The van der Waals surface area contributed by atoms with Gasteiger partial charge in [0, 0.05) is 37.1 Å². The number of rotatable bonds is 2. The van der Waals surface area contributed by atoms with Crippen LogP contribution in [0, 0.1) is 0 Å². The van der Waals surface area contributed by atoms with E-state index in [0.717, 1.165) is 88.9 Å². The molecule has 1 spiro atoms. The highest BCUT2D eigenvalue weighted by Crippen LogP contribution is 2.46. The molecule has 4 aliphatic rings. The molecule has 4 aliphatic heterocycles.